The van der Waals surface area contributed by atoms with E-state index in [0.717, 1.165) is 13.2 Å². The first-order valence-corrected chi connectivity index (χ1v) is 3.70. The monoisotopic (exact) mass is 159 g/mol. The van der Waals surface area contributed by atoms with Gasteiger partial charge in [-0.25, -0.2) is 0 Å². The first kappa shape index (κ1) is 8.49. The van der Waals surface area contributed by atoms with Crippen LogP contribution >= 0.6 is 0 Å². The van der Waals surface area contributed by atoms with Gasteiger partial charge >= 0.3 is 5.97 Å². The van der Waals surface area contributed by atoms with E-state index in [1.807, 2.05) is 11.9 Å². The maximum atomic E-state index is 10.2. The van der Waals surface area contributed by atoms with Crippen molar-refractivity contribution in [1.29, 1.82) is 0 Å². The molecule has 1 saturated heterocycles. The van der Waals surface area contributed by atoms with Crippen LogP contribution in [0.1, 0.15) is 6.42 Å². The van der Waals surface area contributed by atoms with Crippen molar-refractivity contribution in [2.75, 3.05) is 26.8 Å². The van der Waals surface area contributed by atoms with Crippen LogP contribution in [-0.2, 0) is 9.53 Å². The molecule has 0 saturated carbocycles. The van der Waals surface area contributed by atoms with Crippen molar-refractivity contribution in [3.8, 4) is 0 Å². The van der Waals surface area contributed by atoms with Gasteiger partial charge in [0.1, 0.15) is 0 Å². The molecule has 1 rings (SSSR count). The minimum absolute atomic E-state index is 0.215. The quantitative estimate of drug-likeness (QED) is 0.616. The molecule has 0 spiro atoms. The molecule has 0 aromatic carbocycles. The Hall–Kier alpha value is -0.610. The van der Waals surface area contributed by atoms with Crippen LogP contribution in [0.2, 0.25) is 0 Å². The third-order valence-electron chi connectivity index (χ3n) is 1.92. The number of ether oxygens (including phenoxy) is 1. The van der Waals surface area contributed by atoms with E-state index in [1.54, 1.807) is 0 Å². The van der Waals surface area contributed by atoms with Gasteiger partial charge in [-0.1, -0.05) is 0 Å². The molecular weight excluding hydrogens is 146 g/mol. The Morgan fingerprint density at radius 1 is 1.73 bits per heavy atom. The molecule has 1 fully saturated rings. The number of aliphatic carboxylic acids is 1. The molecule has 0 atom stereocenters. The van der Waals surface area contributed by atoms with Crippen molar-refractivity contribution in [1.82, 2.24) is 4.90 Å². The predicted octanol–water partition coefficient (Wildman–Crippen LogP) is -0.208. The van der Waals surface area contributed by atoms with Crippen LogP contribution in [0.25, 0.3) is 0 Å². The fourth-order valence-corrected chi connectivity index (χ4v) is 0.932. The molecule has 1 aliphatic heterocycles. The van der Waals surface area contributed by atoms with E-state index < -0.39 is 5.97 Å². The van der Waals surface area contributed by atoms with Gasteiger partial charge in [0.2, 0.25) is 0 Å². The van der Waals surface area contributed by atoms with Crippen LogP contribution in [0.3, 0.4) is 0 Å². The second-order valence-electron chi connectivity index (χ2n) is 2.82. The number of carboxylic acids is 1. The van der Waals surface area contributed by atoms with Gasteiger partial charge in [0, 0.05) is 6.54 Å². The zero-order valence-electron chi connectivity index (χ0n) is 6.62. The number of rotatable bonds is 4. The standard InChI is InChI=1S/C7H13NO3/c1-8(3-2-7(9)10)6-4-11-5-6/h6H,2-5H2,1H3,(H,9,10). The second kappa shape index (κ2) is 3.69. The highest BCUT2D eigenvalue weighted by Crippen LogP contribution is 2.07. The lowest BCUT2D eigenvalue weighted by Crippen LogP contribution is -2.47. The first-order valence-electron chi connectivity index (χ1n) is 3.70. The van der Waals surface area contributed by atoms with Gasteiger partial charge in [0.05, 0.1) is 25.7 Å². The minimum atomic E-state index is -0.739. The van der Waals surface area contributed by atoms with Crippen LogP contribution < -0.4 is 0 Å². The van der Waals surface area contributed by atoms with Gasteiger partial charge in [0.15, 0.2) is 0 Å². The van der Waals surface area contributed by atoms with Crippen LogP contribution in [0.5, 0.6) is 0 Å². The second-order valence-corrected chi connectivity index (χ2v) is 2.82. The molecule has 1 heterocycles. The Kier molecular flexibility index (Phi) is 2.84. The molecule has 0 aromatic heterocycles. The van der Waals surface area contributed by atoms with Crippen LogP contribution in [0.4, 0.5) is 0 Å². The zero-order valence-corrected chi connectivity index (χ0v) is 6.62. The lowest BCUT2D eigenvalue weighted by atomic mass is 10.2. The average molecular weight is 159 g/mol. The summed E-state index contributed by atoms with van der Waals surface area (Å²) >= 11 is 0. The van der Waals surface area contributed by atoms with E-state index in [0.29, 0.717) is 12.6 Å². The van der Waals surface area contributed by atoms with Gasteiger partial charge < -0.3 is 9.84 Å². The molecule has 4 nitrogen and oxygen atoms in total. The van der Waals surface area contributed by atoms with Gasteiger partial charge in [-0.2, -0.15) is 0 Å². The van der Waals surface area contributed by atoms with E-state index in [1.165, 1.54) is 0 Å². The van der Waals surface area contributed by atoms with Crippen molar-refractivity contribution < 1.29 is 14.6 Å². The number of hydrogen-bond acceptors (Lipinski definition) is 3. The summed E-state index contributed by atoms with van der Waals surface area (Å²) in [5.41, 5.74) is 0. The summed E-state index contributed by atoms with van der Waals surface area (Å²) in [6, 6.07) is 0.439. The van der Waals surface area contributed by atoms with Gasteiger partial charge in [-0.05, 0) is 7.05 Å². The summed E-state index contributed by atoms with van der Waals surface area (Å²) in [7, 11) is 1.93. The summed E-state index contributed by atoms with van der Waals surface area (Å²) in [6.07, 6.45) is 0.215. The zero-order chi connectivity index (χ0) is 8.27. The molecule has 0 amide bonds. The number of carbonyl (C=O) groups is 1. The Balaban J connectivity index is 2.09. The maximum Gasteiger partial charge on any atom is 0.304 e. The predicted molar refractivity (Wildman–Crippen MR) is 39.5 cm³/mol. The molecule has 0 unspecified atom stereocenters. The van der Waals surface area contributed by atoms with Crippen LogP contribution in [-0.4, -0.2) is 48.8 Å². The smallest absolute Gasteiger partial charge is 0.304 e. The molecule has 4 heteroatoms. The third-order valence-corrected chi connectivity index (χ3v) is 1.92. The van der Waals surface area contributed by atoms with E-state index in [-0.39, 0.29) is 6.42 Å². The lowest BCUT2D eigenvalue weighted by molar-refractivity contribution is -0.138. The summed E-state index contributed by atoms with van der Waals surface area (Å²) in [4.78, 5) is 12.2. The van der Waals surface area contributed by atoms with Gasteiger partial charge in [-0.3, -0.25) is 9.69 Å². The maximum absolute atomic E-state index is 10.2. The van der Waals surface area contributed by atoms with Crippen LogP contribution in [0.15, 0.2) is 0 Å². The average Bonchev–Trinajstić information content (AvgIpc) is 1.79. The Bertz CT molecular complexity index is 145. The Morgan fingerprint density at radius 3 is 2.73 bits per heavy atom. The van der Waals surface area contributed by atoms with Crippen molar-refractivity contribution in [3.63, 3.8) is 0 Å². The van der Waals surface area contributed by atoms with Crippen LogP contribution in [0, 0.1) is 0 Å². The molecule has 0 aliphatic carbocycles. The largest absolute Gasteiger partial charge is 0.481 e. The molecular formula is C7H13NO3. The molecule has 64 valence electrons. The van der Waals surface area contributed by atoms with Crippen molar-refractivity contribution >= 4 is 5.97 Å². The minimum Gasteiger partial charge on any atom is -0.481 e. The summed E-state index contributed by atoms with van der Waals surface area (Å²) in [6.45, 7) is 2.11. The fraction of sp³-hybridized carbons (Fsp3) is 0.857. The van der Waals surface area contributed by atoms with E-state index in [2.05, 4.69) is 0 Å². The third kappa shape index (κ3) is 2.48. The highest BCUT2D eigenvalue weighted by molar-refractivity contribution is 5.66. The van der Waals surface area contributed by atoms with Gasteiger partial charge in [-0.15, -0.1) is 0 Å². The summed E-state index contributed by atoms with van der Waals surface area (Å²) in [5.74, 6) is -0.739. The topological polar surface area (TPSA) is 49.8 Å². The first-order chi connectivity index (χ1) is 5.20. The Labute approximate surface area is 65.8 Å². The molecule has 11 heavy (non-hydrogen) atoms. The molecule has 0 aromatic rings. The molecule has 0 radical (unpaired) electrons. The highest BCUT2D eigenvalue weighted by Gasteiger charge is 2.22. The van der Waals surface area contributed by atoms with Crippen molar-refractivity contribution in [2.24, 2.45) is 0 Å². The summed E-state index contributed by atoms with van der Waals surface area (Å²) in [5, 5.41) is 8.38. The fourth-order valence-electron chi connectivity index (χ4n) is 0.932. The van der Waals surface area contributed by atoms with E-state index in [9.17, 15) is 4.79 Å². The number of carboxylic acid groups (broad SMARTS) is 1. The Morgan fingerprint density at radius 2 is 2.36 bits per heavy atom. The number of hydrogen-bond donors (Lipinski definition) is 1. The normalized spacial score (nSPS) is 18.4. The van der Waals surface area contributed by atoms with E-state index >= 15 is 0 Å². The SMILES string of the molecule is CN(CCC(=O)O)C1COC1. The number of nitrogens with zero attached hydrogens (tertiary/aromatic N) is 1. The lowest BCUT2D eigenvalue weighted by Gasteiger charge is -2.34. The van der Waals surface area contributed by atoms with Crippen molar-refractivity contribution in [2.45, 2.75) is 12.5 Å². The molecule has 0 bridgehead atoms. The van der Waals surface area contributed by atoms with Gasteiger partial charge in [0.25, 0.3) is 0 Å². The van der Waals surface area contributed by atoms with Crippen molar-refractivity contribution in [3.05, 3.63) is 0 Å². The van der Waals surface area contributed by atoms with E-state index in [4.69, 9.17) is 9.84 Å². The molecule has 1 N–H and O–H groups in total. The molecule has 1 aliphatic rings. The number of likely N-dealkylation sites (N-methyl/N-ethyl adjacent to an activating group) is 1. The highest BCUT2D eigenvalue weighted by atomic mass is 16.5. The summed E-state index contributed by atoms with van der Waals surface area (Å²) < 4.78 is 4.97.